The van der Waals surface area contributed by atoms with Crippen LogP contribution in [0.3, 0.4) is 0 Å². The molecule has 18 heavy (non-hydrogen) atoms. The van der Waals surface area contributed by atoms with Gasteiger partial charge in [-0.05, 0) is 24.6 Å². The van der Waals surface area contributed by atoms with E-state index in [1.54, 1.807) is 24.0 Å². The number of amides is 2. The van der Waals surface area contributed by atoms with Crippen LogP contribution in [0.1, 0.15) is 18.6 Å². The summed E-state index contributed by atoms with van der Waals surface area (Å²) in [6, 6.07) is 7.22. The minimum Gasteiger partial charge on any atom is -0.389 e. The number of piperazine rings is 1. The molecule has 1 saturated heterocycles. The van der Waals surface area contributed by atoms with Gasteiger partial charge < -0.3 is 10.0 Å². The highest BCUT2D eigenvalue weighted by Crippen LogP contribution is 2.20. The molecule has 1 aliphatic heterocycles. The van der Waals surface area contributed by atoms with Crippen molar-refractivity contribution in [3.8, 4) is 0 Å². The van der Waals surface area contributed by atoms with E-state index in [1.165, 1.54) is 7.05 Å². The maximum atomic E-state index is 11.6. The molecule has 0 aliphatic carbocycles. The maximum absolute atomic E-state index is 11.6. The monoisotopic (exact) mass is 248 g/mol. The first-order chi connectivity index (χ1) is 8.49. The fraction of sp³-hybridized carbons (Fsp3) is 0.385. The number of aliphatic hydroxyl groups is 1. The topological polar surface area (TPSA) is 60.9 Å². The number of hydrogen-bond acceptors (Lipinski definition) is 4. The first kappa shape index (κ1) is 12.6. The summed E-state index contributed by atoms with van der Waals surface area (Å²) in [5, 5.41) is 9.42. The van der Waals surface area contributed by atoms with Crippen molar-refractivity contribution in [2.75, 3.05) is 25.0 Å². The molecule has 1 heterocycles. The van der Waals surface area contributed by atoms with Gasteiger partial charge in [-0.25, -0.2) is 0 Å². The molecular formula is C13H16N2O3. The molecule has 1 unspecified atom stereocenters. The lowest BCUT2D eigenvalue weighted by Gasteiger charge is -2.32. The number of likely N-dealkylation sites (N-methyl/N-ethyl adjacent to an activating group) is 1. The van der Waals surface area contributed by atoms with Gasteiger partial charge in [0.15, 0.2) is 0 Å². The predicted octanol–water partition coefficient (Wildman–Crippen LogP) is 0.545. The number of hydrogen-bond donors (Lipinski definition) is 1. The van der Waals surface area contributed by atoms with E-state index in [-0.39, 0.29) is 24.9 Å². The highest BCUT2D eigenvalue weighted by molar-refractivity contribution is 6.02. The van der Waals surface area contributed by atoms with Crippen LogP contribution in [0.15, 0.2) is 24.3 Å². The highest BCUT2D eigenvalue weighted by atomic mass is 16.3. The van der Waals surface area contributed by atoms with Crippen LogP contribution in [0.25, 0.3) is 0 Å². The van der Waals surface area contributed by atoms with E-state index in [1.807, 2.05) is 12.1 Å². The van der Waals surface area contributed by atoms with Crippen LogP contribution < -0.4 is 4.90 Å². The summed E-state index contributed by atoms with van der Waals surface area (Å²) in [5.74, 6) is -0.406. The van der Waals surface area contributed by atoms with E-state index in [9.17, 15) is 14.7 Å². The van der Waals surface area contributed by atoms with E-state index in [0.29, 0.717) is 0 Å². The zero-order valence-electron chi connectivity index (χ0n) is 10.5. The third kappa shape index (κ3) is 2.36. The molecular weight excluding hydrogens is 232 g/mol. The second kappa shape index (κ2) is 4.78. The fourth-order valence-corrected chi connectivity index (χ4v) is 1.88. The van der Waals surface area contributed by atoms with Crippen molar-refractivity contribution in [3.63, 3.8) is 0 Å². The number of imide groups is 1. The number of carbonyl (C=O) groups excluding carboxylic acids is 2. The lowest BCUT2D eigenvalue weighted by molar-refractivity contribution is -0.143. The standard InChI is InChI=1S/C13H16N2O3/c1-9(16)10-3-5-11(6-4-10)15-7-12(17)14(2)13(18)8-15/h3-6,9,16H,7-8H2,1-2H3. The Labute approximate surface area is 106 Å². The van der Waals surface area contributed by atoms with Crippen LogP contribution in [-0.4, -0.2) is 42.0 Å². The molecule has 2 rings (SSSR count). The van der Waals surface area contributed by atoms with Crippen LogP contribution in [0.4, 0.5) is 5.69 Å². The van der Waals surface area contributed by atoms with Gasteiger partial charge in [-0.3, -0.25) is 14.5 Å². The molecule has 5 nitrogen and oxygen atoms in total. The average molecular weight is 248 g/mol. The van der Waals surface area contributed by atoms with Gasteiger partial charge >= 0.3 is 0 Å². The van der Waals surface area contributed by atoms with Crippen LogP contribution in [0.5, 0.6) is 0 Å². The smallest absolute Gasteiger partial charge is 0.248 e. The molecule has 1 fully saturated rings. The first-order valence-electron chi connectivity index (χ1n) is 5.81. The lowest BCUT2D eigenvalue weighted by Crippen LogP contribution is -2.52. The molecule has 0 radical (unpaired) electrons. The number of nitrogens with zero attached hydrogens (tertiary/aromatic N) is 2. The number of carbonyl (C=O) groups is 2. The number of benzene rings is 1. The summed E-state index contributed by atoms with van der Waals surface area (Å²) < 4.78 is 0. The molecule has 0 spiro atoms. The van der Waals surface area contributed by atoms with Crippen molar-refractivity contribution in [1.82, 2.24) is 4.90 Å². The number of anilines is 1. The Morgan fingerprint density at radius 2 is 1.61 bits per heavy atom. The SMILES string of the molecule is CC(O)c1ccc(N2CC(=O)N(C)C(=O)C2)cc1. The van der Waals surface area contributed by atoms with E-state index in [2.05, 4.69) is 0 Å². The molecule has 1 atom stereocenters. The van der Waals surface area contributed by atoms with E-state index in [0.717, 1.165) is 16.2 Å². The van der Waals surface area contributed by atoms with E-state index >= 15 is 0 Å². The molecule has 0 saturated carbocycles. The lowest BCUT2D eigenvalue weighted by atomic mass is 10.1. The van der Waals surface area contributed by atoms with Crippen LogP contribution in [0, 0.1) is 0 Å². The molecule has 1 aromatic rings. The van der Waals surface area contributed by atoms with Gasteiger partial charge in [0.25, 0.3) is 0 Å². The van der Waals surface area contributed by atoms with Crippen LogP contribution in [0.2, 0.25) is 0 Å². The number of aliphatic hydroxyl groups excluding tert-OH is 1. The van der Waals surface area contributed by atoms with E-state index < -0.39 is 6.10 Å². The van der Waals surface area contributed by atoms with Crippen molar-refractivity contribution >= 4 is 17.5 Å². The Balaban J connectivity index is 2.17. The quantitative estimate of drug-likeness (QED) is 0.776. The largest absolute Gasteiger partial charge is 0.389 e. The Morgan fingerprint density at radius 3 is 2.06 bits per heavy atom. The minimum atomic E-state index is -0.519. The van der Waals surface area contributed by atoms with Gasteiger partial charge in [0.1, 0.15) is 0 Å². The Hall–Kier alpha value is -1.88. The Bertz CT molecular complexity index is 450. The summed E-state index contributed by atoms with van der Waals surface area (Å²) in [6.07, 6.45) is -0.519. The molecule has 0 bridgehead atoms. The molecule has 1 aromatic carbocycles. The second-order valence-corrected chi connectivity index (χ2v) is 4.47. The molecule has 96 valence electrons. The van der Waals surface area contributed by atoms with Gasteiger partial charge in [0.2, 0.25) is 11.8 Å². The highest BCUT2D eigenvalue weighted by Gasteiger charge is 2.28. The van der Waals surface area contributed by atoms with Crippen molar-refractivity contribution < 1.29 is 14.7 Å². The zero-order valence-corrected chi connectivity index (χ0v) is 10.5. The predicted molar refractivity (Wildman–Crippen MR) is 67.1 cm³/mol. The van der Waals surface area contributed by atoms with Gasteiger partial charge in [-0.1, -0.05) is 12.1 Å². The van der Waals surface area contributed by atoms with Crippen molar-refractivity contribution in [2.24, 2.45) is 0 Å². The van der Waals surface area contributed by atoms with Gasteiger partial charge in [0, 0.05) is 12.7 Å². The molecule has 5 heteroatoms. The second-order valence-electron chi connectivity index (χ2n) is 4.47. The summed E-state index contributed by atoms with van der Waals surface area (Å²) in [4.78, 5) is 26.1. The fourth-order valence-electron chi connectivity index (χ4n) is 1.88. The van der Waals surface area contributed by atoms with E-state index in [4.69, 9.17) is 0 Å². The third-order valence-electron chi connectivity index (χ3n) is 3.14. The van der Waals surface area contributed by atoms with Crippen LogP contribution in [-0.2, 0) is 9.59 Å². The minimum absolute atomic E-state index is 0.203. The normalized spacial score (nSPS) is 18.2. The summed E-state index contributed by atoms with van der Waals surface area (Å²) in [7, 11) is 1.50. The third-order valence-corrected chi connectivity index (χ3v) is 3.14. The summed E-state index contributed by atoms with van der Waals surface area (Å²) >= 11 is 0. The van der Waals surface area contributed by atoms with Crippen molar-refractivity contribution in [1.29, 1.82) is 0 Å². The Morgan fingerprint density at radius 1 is 1.11 bits per heavy atom. The van der Waals surface area contributed by atoms with Crippen LogP contribution >= 0.6 is 0 Å². The van der Waals surface area contributed by atoms with Gasteiger partial charge in [-0.15, -0.1) is 0 Å². The van der Waals surface area contributed by atoms with Crippen molar-refractivity contribution in [3.05, 3.63) is 29.8 Å². The first-order valence-corrected chi connectivity index (χ1v) is 5.81. The van der Waals surface area contributed by atoms with Gasteiger partial charge in [0.05, 0.1) is 19.2 Å². The van der Waals surface area contributed by atoms with Gasteiger partial charge in [-0.2, -0.15) is 0 Å². The number of rotatable bonds is 2. The maximum Gasteiger partial charge on any atom is 0.248 e. The van der Waals surface area contributed by atoms with Crippen molar-refractivity contribution in [2.45, 2.75) is 13.0 Å². The molecule has 1 aliphatic rings. The zero-order chi connectivity index (χ0) is 13.3. The molecule has 0 aromatic heterocycles. The summed E-state index contributed by atoms with van der Waals surface area (Å²) in [6.45, 7) is 2.10. The Kier molecular flexibility index (Phi) is 3.34. The molecule has 2 amide bonds. The summed E-state index contributed by atoms with van der Waals surface area (Å²) in [5.41, 5.74) is 1.62. The average Bonchev–Trinajstić information content (AvgIpc) is 2.35. The molecule has 1 N–H and O–H groups in total.